The van der Waals surface area contributed by atoms with Crippen LogP contribution in [0.5, 0.6) is 5.75 Å². The second-order valence-corrected chi connectivity index (χ2v) is 6.40. The van der Waals surface area contributed by atoms with Gasteiger partial charge in [0, 0.05) is 37.9 Å². The van der Waals surface area contributed by atoms with E-state index in [1.807, 2.05) is 13.8 Å². The first-order valence-corrected chi connectivity index (χ1v) is 8.33. The van der Waals surface area contributed by atoms with E-state index in [2.05, 4.69) is 51.4 Å². The van der Waals surface area contributed by atoms with Gasteiger partial charge in [-0.05, 0) is 38.5 Å². The molecule has 1 fully saturated rings. The molecule has 1 aliphatic heterocycles. The summed E-state index contributed by atoms with van der Waals surface area (Å²) < 4.78 is 5.74. The van der Waals surface area contributed by atoms with Gasteiger partial charge in [0.1, 0.15) is 5.75 Å². The summed E-state index contributed by atoms with van der Waals surface area (Å²) in [5.41, 5.74) is 3.61. The molecule has 1 atom stereocenters. The molecule has 1 saturated heterocycles. The Morgan fingerprint density at radius 1 is 1.30 bits per heavy atom. The van der Waals surface area contributed by atoms with Crippen LogP contribution >= 0.6 is 0 Å². The Labute approximate surface area is 138 Å². The molecule has 5 nitrogen and oxygen atoms in total. The van der Waals surface area contributed by atoms with Gasteiger partial charge in [0.25, 0.3) is 0 Å². The van der Waals surface area contributed by atoms with Crippen molar-refractivity contribution in [3.05, 3.63) is 47.5 Å². The molecule has 1 unspecified atom stereocenters. The average molecular weight is 314 g/mol. The van der Waals surface area contributed by atoms with Gasteiger partial charge in [-0.1, -0.05) is 12.1 Å². The topological polar surface area (TPSA) is 53.2 Å². The number of rotatable bonds is 5. The molecule has 1 aromatic carbocycles. The van der Waals surface area contributed by atoms with Crippen molar-refractivity contribution < 1.29 is 4.74 Å². The number of aromatic nitrogens is 2. The maximum absolute atomic E-state index is 5.74. The van der Waals surface area contributed by atoms with Crippen molar-refractivity contribution in [3.8, 4) is 5.75 Å². The largest absolute Gasteiger partial charge is 0.491 e. The zero-order chi connectivity index (χ0) is 16.2. The van der Waals surface area contributed by atoms with Crippen LogP contribution in [0, 0.1) is 6.92 Å². The summed E-state index contributed by atoms with van der Waals surface area (Å²) >= 11 is 0. The first-order valence-electron chi connectivity index (χ1n) is 8.33. The van der Waals surface area contributed by atoms with Crippen LogP contribution in [0.4, 0.5) is 0 Å². The smallest absolute Gasteiger partial charge is 0.119 e. The van der Waals surface area contributed by atoms with Crippen LogP contribution in [0.1, 0.15) is 36.8 Å². The first kappa shape index (κ1) is 16.0. The zero-order valence-electron chi connectivity index (χ0n) is 14.2. The van der Waals surface area contributed by atoms with Crippen molar-refractivity contribution in [1.82, 2.24) is 20.2 Å². The van der Waals surface area contributed by atoms with E-state index in [1.54, 1.807) is 6.33 Å². The minimum atomic E-state index is 0.205. The van der Waals surface area contributed by atoms with Crippen LogP contribution in [-0.2, 0) is 6.54 Å². The highest BCUT2D eigenvalue weighted by Crippen LogP contribution is 2.26. The number of ether oxygens (including phenoxy) is 1. The molecular formula is C18H26N4O. The standard InChI is InChI=1S/C18H26N4O/c1-13(2)23-16-6-4-15(5-7-16)18-10-19-8-9-22(18)11-17-14(3)20-12-21-17/h4-7,12-13,18-19H,8-11H2,1-3H3,(H,20,21). The van der Waals surface area contributed by atoms with Gasteiger partial charge in [0.05, 0.1) is 18.1 Å². The van der Waals surface area contributed by atoms with Gasteiger partial charge in [0.15, 0.2) is 0 Å². The Morgan fingerprint density at radius 3 is 2.74 bits per heavy atom. The summed E-state index contributed by atoms with van der Waals surface area (Å²) in [6.45, 7) is 10.1. The molecule has 0 aliphatic carbocycles. The van der Waals surface area contributed by atoms with Gasteiger partial charge < -0.3 is 15.0 Å². The van der Waals surface area contributed by atoms with E-state index in [-0.39, 0.29) is 6.10 Å². The molecule has 1 aliphatic rings. The molecule has 0 saturated carbocycles. The van der Waals surface area contributed by atoms with E-state index >= 15 is 0 Å². The fourth-order valence-electron chi connectivity index (χ4n) is 3.04. The second kappa shape index (κ2) is 7.15. The third kappa shape index (κ3) is 3.92. The van der Waals surface area contributed by atoms with Crippen LogP contribution < -0.4 is 10.1 Å². The molecule has 124 valence electrons. The minimum Gasteiger partial charge on any atom is -0.491 e. The molecule has 0 radical (unpaired) electrons. The van der Waals surface area contributed by atoms with Crippen molar-refractivity contribution in [2.45, 2.75) is 39.5 Å². The van der Waals surface area contributed by atoms with Crippen molar-refractivity contribution in [1.29, 1.82) is 0 Å². The Morgan fingerprint density at radius 2 is 2.09 bits per heavy atom. The van der Waals surface area contributed by atoms with Crippen molar-refractivity contribution in [2.24, 2.45) is 0 Å². The van der Waals surface area contributed by atoms with Crippen LogP contribution in [0.2, 0.25) is 0 Å². The number of hydrogen-bond acceptors (Lipinski definition) is 4. The number of hydrogen-bond donors (Lipinski definition) is 2. The molecule has 0 bridgehead atoms. The van der Waals surface area contributed by atoms with Gasteiger partial charge in [-0.15, -0.1) is 0 Å². The van der Waals surface area contributed by atoms with E-state index in [1.165, 1.54) is 5.56 Å². The zero-order valence-corrected chi connectivity index (χ0v) is 14.2. The van der Waals surface area contributed by atoms with E-state index in [4.69, 9.17) is 4.74 Å². The lowest BCUT2D eigenvalue weighted by molar-refractivity contribution is 0.151. The highest BCUT2D eigenvalue weighted by atomic mass is 16.5. The molecule has 2 heterocycles. The molecule has 2 aromatic rings. The number of nitrogens with one attached hydrogen (secondary N) is 2. The number of nitrogens with zero attached hydrogens (tertiary/aromatic N) is 2. The van der Waals surface area contributed by atoms with E-state index in [0.29, 0.717) is 6.04 Å². The molecule has 1 aromatic heterocycles. The second-order valence-electron chi connectivity index (χ2n) is 6.40. The van der Waals surface area contributed by atoms with Crippen molar-refractivity contribution in [3.63, 3.8) is 0 Å². The Bertz CT molecular complexity index is 620. The van der Waals surface area contributed by atoms with Crippen molar-refractivity contribution >= 4 is 0 Å². The maximum Gasteiger partial charge on any atom is 0.119 e. The molecule has 5 heteroatoms. The SMILES string of the molecule is Cc1[nH]cnc1CN1CCNCC1c1ccc(OC(C)C)cc1. The highest BCUT2D eigenvalue weighted by Gasteiger charge is 2.24. The number of H-pyrrole nitrogens is 1. The summed E-state index contributed by atoms with van der Waals surface area (Å²) in [5.74, 6) is 0.933. The molecular weight excluding hydrogens is 288 g/mol. The normalized spacial score (nSPS) is 19.2. The van der Waals surface area contributed by atoms with Gasteiger partial charge in [0.2, 0.25) is 0 Å². The quantitative estimate of drug-likeness (QED) is 0.891. The Kier molecular flexibility index (Phi) is 4.98. The molecule has 2 N–H and O–H groups in total. The summed E-state index contributed by atoms with van der Waals surface area (Å²) in [6, 6.07) is 8.87. The van der Waals surface area contributed by atoms with E-state index in [0.717, 1.165) is 43.3 Å². The van der Waals surface area contributed by atoms with Gasteiger partial charge >= 0.3 is 0 Å². The van der Waals surface area contributed by atoms with E-state index < -0.39 is 0 Å². The fraction of sp³-hybridized carbons (Fsp3) is 0.500. The monoisotopic (exact) mass is 314 g/mol. The van der Waals surface area contributed by atoms with Crippen LogP contribution in [0.25, 0.3) is 0 Å². The fourth-order valence-corrected chi connectivity index (χ4v) is 3.04. The van der Waals surface area contributed by atoms with Gasteiger partial charge in [-0.25, -0.2) is 4.98 Å². The number of benzene rings is 1. The summed E-state index contributed by atoms with van der Waals surface area (Å²) in [7, 11) is 0. The minimum absolute atomic E-state index is 0.205. The Balaban J connectivity index is 1.74. The summed E-state index contributed by atoms with van der Waals surface area (Å²) in [5, 5.41) is 3.50. The van der Waals surface area contributed by atoms with Crippen LogP contribution in [0.15, 0.2) is 30.6 Å². The number of aryl methyl sites for hydroxylation is 1. The summed E-state index contributed by atoms with van der Waals surface area (Å²) in [6.07, 6.45) is 1.98. The molecule has 0 amide bonds. The predicted molar refractivity (Wildman–Crippen MR) is 91.6 cm³/mol. The third-order valence-electron chi connectivity index (χ3n) is 4.28. The lowest BCUT2D eigenvalue weighted by Gasteiger charge is -2.36. The van der Waals surface area contributed by atoms with Crippen LogP contribution in [-0.4, -0.2) is 40.6 Å². The van der Waals surface area contributed by atoms with E-state index in [9.17, 15) is 0 Å². The van der Waals surface area contributed by atoms with Gasteiger partial charge in [-0.2, -0.15) is 0 Å². The average Bonchev–Trinajstić information content (AvgIpc) is 2.93. The predicted octanol–water partition coefficient (Wildman–Crippen LogP) is 2.65. The molecule has 23 heavy (non-hydrogen) atoms. The Hall–Kier alpha value is -1.85. The summed E-state index contributed by atoms with van der Waals surface area (Å²) in [4.78, 5) is 10.1. The van der Waals surface area contributed by atoms with Crippen molar-refractivity contribution in [2.75, 3.05) is 19.6 Å². The first-order chi connectivity index (χ1) is 11.1. The maximum atomic E-state index is 5.74. The van der Waals surface area contributed by atoms with Crippen LogP contribution in [0.3, 0.4) is 0 Å². The lowest BCUT2D eigenvalue weighted by Crippen LogP contribution is -2.45. The highest BCUT2D eigenvalue weighted by molar-refractivity contribution is 5.30. The third-order valence-corrected chi connectivity index (χ3v) is 4.28. The number of aromatic amines is 1. The lowest BCUT2D eigenvalue weighted by atomic mass is 10.0. The number of piperazine rings is 1. The van der Waals surface area contributed by atoms with Gasteiger partial charge in [-0.3, -0.25) is 4.90 Å². The number of imidazole rings is 1. The molecule has 3 rings (SSSR count). The molecule has 0 spiro atoms.